The maximum absolute atomic E-state index is 12.3. The third-order valence-corrected chi connectivity index (χ3v) is 14.0. The van der Waals surface area contributed by atoms with E-state index in [0.717, 1.165) is 37.2 Å². The van der Waals surface area contributed by atoms with E-state index in [4.69, 9.17) is 9.47 Å². The maximum atomic E-state index is 12.3. The van der Waals surface area contributed by atoms with Gasteiger partial charge in [0.25, 0.3) is 0 Å². The van der Waals surface area contributed by atoms with Crippen LogP contribution in [0.1, 0.15) is 90.2 Å². The minimum atomic E-state index is -3.46. The number of nitrogens with one attached hydrogen (secondary N) is 2. The predicted octanol–water partition coefficient (Wildman–Crippen LogP) is 7.87. The van der Waals surface area contributed by atoms with E-state index >= 15 is 0 Å². The highest BCUT2D eigenvalue weighted by atomic mass is 32.2. The Hall–Kier alpha value is -3.78. The zero-order valence-corrected chi connectivity index (χ0v) is 33.2. The summed E-state index contributed by atoms with van der Waals surface area (Å²) in [6, 6.07) is 32.4. The monoisotopic (exact) mass is 778 g/mol. The number of sulfonamides is 2. The number of hydrogen-bond donors (Lipinski definition) is 4. The van der Waals surface area contributed by atoms with Crippen molar-refractivity contribution in [3.8, 4) is 23.0 Å². The Balaban J connectivity index is 0.000000208. The molecule has 10 nitrogen and oxygen atoms in total. The summed E-state index contributed by atoms with van der Waals surface area (Å²) in [5.41, 5.74) is -1.02. The molecule has 12 heteroatoms. The van der Waals surface area contributed by atoms with Gasteiger partial charge < -0.3 is 19.7 Å². The average molecular weight is 779 g/mol. The average Bonchev–Trinajstić information content (AvgIpc) is 3.15. The summed E-state index contributed by atoms with van der Waals surface area (Å²) < 4.78 is 66.4. The molecule has 0 amide bonds. The SMILES string of the molecule is CC(C)S(=O)(=O)N[C@H]1CCCC[C@@]1(O)c1ccc(Oc2ccccc2)cc1.CC(C)S(=O)(=O)N[C@H]1CCCC[C@]1(O)c1ccc(Oc2ccccc2)cc1. The van der Waals surface area contributed by atoms with E-state index < -0.39 is 53.8 Å². The predicted molar refractivity (Wildman–Crippen MR) is 213 cm³/mol. The minimum Gasteiger partial charge on any atom is -0.457 e. The normalized spacial score (nSPS) is 23.3. The van der Waals surface area contributed by atoms with E-state index in [1.165, 1.54) is 0 Å². The Bertz CT molecular complexity index is 1850. The van der Waals surface area contributed by atoms with E-state index in [1.54, 1.807) is 27.7 Å². The molecule has 4 aromatic rings. The highest BCUT2D eigenvalue weighted by molar-refractivity contribution is 7.90. The summed E-state index contributed by atoms with van der Waals surface area (Å²) in [5.74, 6) is 2.82. The molecule has 0 heterocycles. The van der Waals surface area contributed by atoms with Crippen LogP contribution in [0.3, 0.4) is 0 Å². The summed E-state index contributed by atoms with van der Waals surface area (Å²) in [6.07, 6.45) is 5.78. The lowest BCUT2D eigenvalue weighted by molar-refractivity contribution is -0.0251. The maximum Gasteiger partial charge on any atom is 0.214 e. The molecule has 0 radical (unpaired) electrons. The van der Waals surface area contributed by atoms with Crippen molar-refractivity contribution in [2.75, 3.05) is 0 Å². The van der Waals surface area contributed by atoms with Crippen LogP contribution in [0.2, 0.25) is 0 Å². The van der Waals surface area contributed by atoms with Crippen molar-refractivity contribution in [2.45, 2.75) is 113 Å². The van der Waals surface area contributed by atoms with Crippen molar-refractivity contribution in [3.63, 3.8) is 0 Å². The summed E-state index contributed by atoms with van der Waals surface area (Å²) in [5, 5.41) is 21.6. The van der Waals surface area contributed by atoms with Crippen LogP contribution in [0.15, 0.2) is 109 Å². The van der Waals surface area contributed by atoms with E-state index in [0.29, 0.717) is 48.3 Å². The standard InChI is InChI=1S/2C21H27NO4S/c2*1-16(2)27(24,25)22-20-10-6-7-15-21(20,23)17-11-13-19(14-12-17)26-18-8-4-3-5-9-18/h2*3-5,8-9,11-14,16,20,22-23H,6-7,10,15H2,1-2H3/t20-,21+;20-,21-/m00/s1. The molecule has 2 fully saturated rings. The van der Waals surface area contributed by atoms with Gasteiger partial charge in [0.15, 0.2) is 0 Å². The zero-order valence-electron chi connectivity index (χ0n) is 31.5. The van der Waals surface area contributed by atoms with Crippen molar-refractivity contribution >= 4 is 20.0 Å². The van der Waals surface area contributed by atoms with Crippen LogP contribution in [0.4, 0.5) is 0 Å². The van der Waals surface area contributed by atoms with Gasteiger partial charge >= 0.3 is 0 Å². The smallest absolute Gasteiger partial charge is 0.214 e. The first kappa shape index (κ1) is 41.4. The van der Waals surface area contributed by atoms with Crippen LogP contribution in [0, 0.1) is 0 Å². The van der Waals surface area contributed by atoms with E-state index in [-0.39, 0.29) is 0 Å². The highest BCUT2D eigenvalue weighted by Gasteiger charge is 2.44. The number of benzene rings is 4. The largest absolute Gasteiger partial charge is 0.457 e. The summed E-state index contributed by atoms with van der Waals surface area (Å²) in [4.78, 5) is 0. The molecule has 6 rings (SSSR count). The van der Waals surface area contributed by atoms with Crippen LogP contribution in [0.25, 0.3) is 0 Å². The van der Waals surface area contributed by atoms with Gasteiger partial charge in [0, 0.05) is 0 Å². The molecule has 0 aromatic heterocycles. The third kappa shape index (κ3) is 10.3. The molecule has 292 valence electrons. The Labute approximate surface area is 321 Å². The van der Waals surface area contributed by atoms with E-state index in [1.807, 2.05) is 109 Å². The summed E-state index contributed by atoms with van der Waals surface area (Å²) in [7, 11) is -6.92. The first-order valence-corrected chi connectivity index (χ1v) is 21.9. The fourth-order valence-electron chi connectivity index (χ4n) is 6.86. The van der Waals surface area contributed by atoms with Crippen LogP contribution < -0.4 is 18.9 Å². The van der Waals surface area contributed by atoms with Gasteiger partial charge in [-0.1, -0.05) is 86.3 Å². The van der Waals surface area contributed by atoms with Crippen molar-refractivity contribution in [2.24, 2.45) is 0 Å². The Morgan fingerprint density at radius 1 is 0.519 bits per heavy atom. The van der Waals surface area contributed by atoms with Crippen molar-refractivity contribution in [1.82, 2.24) is 9.44 Å². The second-order valence-electron chi connectivity index (χ2n) is 14.7. The van der Waals surface area contributed by atoms with Gasteiger partial charge in [-0.2, -0.15) is 0 Å². The second-order valence-corrected chi connectivity index (χ2v) is 19.3. The molecule has 4 aromatic carbocycles. The van der Waals surface area contributed by atoms with Gasteiger partial charge in [0.1, 0.15) is 34.2 Å². The minimum absolute atomic E-state index is 0.525. The lowest BCUT2D eigenvalue weighted by Crippen LogP contribution is -2.53. The van der Waals surface area contributed by atoms with Gasteiger partial charge in [-0.05, 0) is 113 Å². The number of ether oxygens (including phenoxy) is 2. The Morgan fingerprint density at radius 2 is 0.833 bits per heavy atom. The van der Waals surface area contributed by atoms with Crippen molar-refractivity contribution in [1.29, 1.82) is 0 Å². The zero-order chi connectivity index (χ0) is 39.0. The summed E-state index contributed by atoms with van der Waals surface area (Å²) in [6.45, 7) is 6.56. The second kappa shape index (κ2) is 17.8. The van der Waals surface area contributed by atoms with Crippen molar-refractivity contribution < 1.29 is 36.5 Å². The molecular formula is C42H54N2O8S2. The molecule has 54 heavy (non-hydrogen) atoms. The molecule has 2 saturated carbocycles. The molecule has 0 spiro atoms. The highest BCUT2D eigenvalue weighted by Crippen LogP contribution is 2.40. The van der Waals surface area contributed by atoms with Gasteiger partial charge in [-0.25, -0.2) is 26.3 Å². The van der Waals surface area contributed by atoms with E-state index in [9.17, 15) is 27.0 Å². The van der Waals surface area contributed by atoms with Gasteiger partial charge in [-0.15, -0.1) is 0 Å². The Kier molecular flexibility index (Phi) is 13.6. The summed E-state index contributed by atoms with van der Waals surface area (Å²) >= 11 is 0. The lowest BCUT2D eigenvalue weighted by Gasteiger charge is -2.41. The van der Waals surface area contributed by atoms with E-state index in [2.05, 4.69) is 9.44 Å². The number of rotatable bonds is 12. The lowest BCUT2D eigenvalue weighted by atomic mass is 9.76. The molecule has 0 aliphatic heterocycles. The topological polar surface area (TPSA) is 151 Å². The molecule has 0 unspecified atom stereocenters. The molecule has 4 N–H and O–H groups in total. The number of hydrogen-bond acceptors (Lipinski definition) is 8. The molecule has 0 bridgehead atoms. The fourth-order valence-corrected chi connectivity index (χ4v) is 8.82. The molecule has 2 aliphatic rings. The first-order valence-electron chi connectivity index (χ1n) is 18.8. The first-order chi connectivity index (χ1) is 25.6. The number of para-hydroxylation sites is 2. The van der Waals surface area contributed by atoms with Crippen LogP contribution in [-0.4, -0.2) is 49.6 Å². The van der Waals surface area contributed by atoms with Crippen LogP contribution in [-0.2, 0) is 31.2 Å². The Morgan fingerprint density at radius 3 is 1.15 bits per heavy atom. The van der Waals surface area contributed by atoms with Gasteiger partial charge in [0.05, 0.1) is 22.6 Å². The van der Waals surface area contributed by atoms with Gasteiger partial charge in [0.2, 0.25) is 20.0 Å². The fraction of sp³-hybridized carbons (Fsp3) is 0.429. The molecular weight excluding hydrogens is 725 g/mol. The third-order valence-electron chi connectivity index (χ3n) is 10.3. The number of aliphatic hydroxyl groups is 2. The molecule has 4 atom stereocenters. The molecule has 0 saturated heterocycles. The van der Waals surface area contributed by atoms with Crippen LogP contribution >= 0.6 is 0 Å². The van der Waals surface area contributed by atoms with Crippen LogP contribution in [0.5, 0.6) is 23.0 Å². The van der Waals surface area contributed by atoms with Crippen molar-refractivity contribution in [3.05, 3.63) is 120 Å². The van der Waals surface area contributed by atoms with Gasteiger partial charge in [-0.3, -0.25) is 0 Å². The quantitative estimate of drug-likeness (QED) is 0.114. The molecule has 2 aliphatic carbocycles.